The molecule has 3 rings (SSSR count). The number of halogens is 1. The summed E-state index contributed by atoms with van der Waals surface area (Å²) in [5.41, 5.74) is 0.544. The van der Waals surface area contributed by atoms with Crippen LogP contribution in [0.2, 0.25) is 0 Å². The maximum atomic E-state index is 13.1. The van der Waals surface area contributed by atoms with Gasteiger partial charge in [0.15, 0.2) is 0 Å². The van der Waals surface area contributed by atoms with E-state index in [-0.39, 0.29) is 23.4 Å². The molecule has 0 aliphatic carbocycles. The molecular weight excluding hydrogens is 373 g/mol. The summed E-state index contributed by atoms with van der Waals surface area (Å²) < 4.78 is 40.2. The number of hydrogen-bond donors (Lipinski definition) is 3. The van der Waals surface area contributed by atoms with Gasteiger partial charge in [-0.3, -0.25) is 9.59 Å². The van der Waals surface area contributed by atoms with Crippen LogP contribution in [0.1, 0.15) is 6.42 Å². The smallest absolute Gasteiger partial charge is 0.248 e. The van der Waals surface area contributed by atoms with E-state index in [0.717, 1.165) is 0 Å². The van der Waals surface area contributed by atoms with Crippen LogP contribution in [0.4, 0.5) is 10.1 Å². The molecule has 0 spiro atoms. The van der Waals surface area contributed by atoms with Crippen LogP contribution in [-0.2, 0) is 14.8 Å². The summed E-state index contributed by atoms with van der Waals surface area (Å²) in [5.74, 6) is -0.925. The number of H-pyrrole nitrogens is 1. The van der Waals surface area contributed by atoms with Gasteiger partial charge < -0.3 is 10.3 Å². The Kier molecular flexibility index (Phi) is 5.33. The summed E-state index contributed by atoms with van der Waals surface area (Å²) in [6, 6.07) is 12.5. The number of rotatable bonds is 6. The van der Waals surface area contributed by atoms with Gasteiger partial charge in [0.25, 0.3) is 0 Å². The summed E-state index contributed by atoms with van der Waals surface area (Å²) in [6.07, 6.45) is -0.114. The number of sulfonamides is 1. The molecule has 0 aliphatic heterocycles. The van der Waals surface area contributed by atoms with Crippen molar-refractivity contribution in [3.05, 3.63) is 70.8 Å². The van der Waals surface area contributed by atoms with E-state index in [0.29, 0.717) is 16.6 Å². The fraction of sp³-hybridized carbons (Fsp3) is 0.111. The fourth-order valence-corrected chi connectivity index (χ4v) is 3.54. The summed E-state index contributed by atoms with van der Waals surface area (Å²) in [5, 5.41) is 3.06. The molecule has 3 N–H and O–H groups in total. The van der Waals surface area contributed by atoms with E-state index in [2.05, 4.69) is 15.0 Å². The van der Waals surface area contributed by atoms with Crippen molar-refractivity contribution in [2.45, 2.75) is 11.3 Å². The molecule has 7 nitrogen and oxygen atoms in total. The number of amides is 1. The molecule has 27 heavy (non-hydrogen) atoms. The number of aromatic amines is 1. The molecule has 1 amide bonds. The molecule has 3 aromatic rings. The van der Waals surface area contributed by atoms with Crippen LogP contribution in [0.5, 0.6) is 0 Å². The van der Waals surface area contributed by atoms with E-state index in [9.17, 15) is 22.4 Å². The highest BCUT2D eigenvalue weighted by Crippen LogP contribution is 2.16. The minimum Gasteiger partial charge on any atom is -0.326 e. The minimum absolute atomic E-state index is 0.0209. The Balaban J connectivity index is 1.62. The molecule has 0 atom stereocenters. The first kappa shape index (κ1) is 18.7. The van der Waals surface area contributed by atoms with Gasteiger partial charge in [-0.25, -0.2) is 17.5 Å². The van der Waals surface area contributed by atoms with Crippen molar-refractivity contribution in [2.24, 2.45) is 0 Å². The van der Waals surface area contributed by atoms with Gasteiger partial charge in [-0.15, -0.1) is 0 Å². The average Bonchev–Trinajstić information content (AvgIpc) is 2.61. The van der Waals surface area contributed by atoms with Crippen molar-refractivity contribution < 1.29 is 17.6 Å². The first-order valence-electron chi connectivity index (χ1n) is 8.02. The lowest BCUT2D eigenvalue weighted by atomic mass is 10.2. The number of carbonyl (C=O) groups excluding carboxylic acids is 1. The van der Waals surface area contributed by atoms with Crippen molar-refractivity contribution in [3.8, 4) is 0 Å². The fourth-order valence-electron chi connectivity index (χ4n) is 2.47. The van der Waals surface area contributed by atoms with Crippen molar-refractivity contribution >= 4 is 32.5 Å². The number of carbonyl (C=O) groups is 1. The number of hydrogen-bond acceptors (Lipinski definition) is 4. The summed E-state index contributed by atoms with van der Waals surface area (Å²) in [7, 11) is -3.82. The Bertz CT molecular complexity index is 1160. The Morgan fingerprint density at radius 1 is 1.07 bits per heavy atom. The van der Waals surface area contributed by atoms with Gasteiger partial charge in [0, 0.05) is 30.2 Å². The molecule has 0 bridgehead atoms. The normalized spacial score (nSPS) is 11.4. The lowest BCUT2D eigenvalue weighted by Gasteiger charge is -2.08. The van der Waals surface area contributed by atoms with Crippen LogP contribution in [0.3, 0.4) is 0 Å². The quantitative estimate of drug-likeness (QED) is 0.599. The van der Waals surface area contributed by atoms with Crippen molar-refractivity contribution in [3.63, 3.8) is 0 Å². The Morgan fingerprint density at radius 2 is 1.89 bits per heavy atom. The number of pyridine rings is 1. The third-order valence-electron chi connectivity index (χ3n) is 3.76. The average molecular weight is 389 g/mol. The van der Waals surface area contributed by atoms with Crippen LogP contribution in [0.15, 0.2) is 64.3 Å². The van der Waals surface area contributed by atoms with E-state index in [4.69, 9.17) is 0 Å². The molecule has 0 saturated heterocycles. The highest BCUT2D eigenvalue weighted by Gasteiger charge is 2.15. The molecule has 2 aromatic carbocycles. The number of fused-ring (bicyclic) bond motifs is 1. The monoisotopic (exact) mass is 389 g/mol. The van der Waals surface area contributed by atoms with Crippen molar-refractivity contribution in [2.75, 3.05) is 11.9 Å². The van der Waals surface area contributed by atoms with Crippen LogP contribution in [0.25, 0.3) is 10.9 Å². The lowest BCUT2D eigenvalue weighted by molar-refractivity contribution is -0.116. The molecule has 1 heterocycles. The number of aromatic nitrogens is 1. The van der Waals surface area contributed by atoms with Gasteiger partial charge in [-0.05, 0) is 47.9 Å². The van der Waals surface area contributed by atoms with E-state index in [1.165, 1.54) is 54.6 Å². The Hall–Kier alpha value is -3.04. The zero-order valence-corrected chi connectivity index (χ0v) is 14.8. The van der Waals surface area contributed by atoms with Crippen molar-refractivity contribution in [1.82, 2.24) is 9.71 Å². The minimum atomic E-state index is -3.82. The summed E-state index contributed by atoms with van der Waals surface area (Å²) in [6.45, 7) is -0.118. The second-order valence-electron chi connectivity index (χ2n) is 5.78. The first-order chi connectivity index (χ1) is 12.8. The van der Waals surface area contributed by atoms with Crippen LogP contribution in [-0.4, -0.2) is 25.9 Å². The number of anilines is 1. The van der Waals surface area contributed by atoms with Gasteiger partial charge >= 0.3 is 0 Å². The lowest BCUT2D eigenvalue weighted by Crippen LogP contribution is -2.27. The van der Waals surface area contributed by atoms with Crippen molar-refractivity contribution in [1.29, 1.82) is 0 Å². The van der Waals surface area contributed by atoms with Gasteiger partial charge in [-0.1, -0.05) is 6.07 Å². The second kappa shape index (κ2) is 7.68. The van der Waals surface area contributed by atoms with E-state index < -0.39 is 21.7 Å². The number of nitrogens with one attached hydrogen (secondary N) is 3. The molecule has 0 unspecified atom stereocenters. The van der Waals surface area contributed by atoms with Crippen LogP contribution < -0.4 is 15.6 Å². The largest absolute Gasteiger partial charge is 0.326 e. The predicted molar refractivity (Wildman–Crippen MR) is 99.4 cm³/mol. The van der Waals surface area contributed by atoms with E-state index >= 15 is 0 Å². The summed E-state index contributed by atoms with van der Waals surface area (Å²) >= 11 is 0. The predicted octanol–water partition coefficient (Wildman–Crippen LogP) is 1.97. The Labute approximate surface area is 154 Å². The standard InChI is InChI=1S/C18H16FN3O4S/c19-13-2-1-3-14(11-13)21-18(24)8-9-20-27(25,26)15-5-6-16-12(10-15)4-7-17(23)22-16/h1-7,10-11,20H,8-9H2,(H,21,24)(H,22,23). The molecule has 1 aromatic heterocycles. The molecule has 0 radical (unpaired) electrons. The van der Waals surface area contributed by atoms with Crippen LogP contribution >= 0.6 is 0 Å². The molecule has 9 heteroatoms. The maximum absolute atomic E-state index is 13.1. The third kappa shape index (κ3) is 4.78. The maximum Gasteiger partial charge on any atom is 0.248 e. The highest BCUT2D eigenvalue weighted by molar-refractivity contribution is 7.89. The molecule has 0 fully saturated rings. The highest BCUT2D eigenvalue weighted by atomic mass is 32.2. The molecule has 140 valence electrons. The second-order valence-corrected chi connectivity index (χ2v) is 7.54. The summed E-state index contributed by atoms with van der Waals surface area (Å²) in [4.78, 5) is 25.8. The zero-order chi connectivity index (χ0) is 19.4. The number of benzene rings is 2. The first-order valence-corrected chi connectivity index (χ1v) is 9.50. The van der Waals surface area contributed by atoms with Gasteiger partial charge in [0.2, 0.25) is 21.5 Å². The van der Waals surface area contributed by atoms with E-state index in [1.54, 1.807) is 0 Å². The third-order valence-corrected chi connectivity index (χ3v) is 5.22. The zero-order valence-electron chi connectivity index (χ0n) is 14.0. The van der Waals surface area contributed by atoms with Crippen LogP contribution in [0, 0.1) is 5.82 Å². The van der Waals surface area contributed by atoms with E-state index in [1.807, 2.05) is 0 Å². The topological polar surface area (TPSA) is 108 Å². The van der Waals surface area contributed by atoms with Gasteiger partial charge in [-0.2, -0.15) is 0 Å². The molecule has 0 saturated carbocycles. The SMILES string of the molecule is O=C(CCNS(=O)(=O)c1ccc2[nH]c(=O)ccc2c1)Nc1cccc(F)c1. The molecule has 0 aliphatic rings. The van der Waals surface area contributed by atoms with Gasteiger partial charge in [0.1, 0.15) is 5.82 Å². The molecular formula is C18H16FN3O4S. The van der Waals surface area contributed by atoms with Gasteiger partial charge in [0.05, 0.1) is 4.90 Å². The Morgan fingerprint density at radius 3 is 2.67 bits per heavy atom.